The third kappa shape index (κ3) is 3.10. The molecule has 2 aromatic rings. The van der Waals surface area contributed by atoms with Crippen LogP contribution in [0.3, 0.4) is 0 Å². The minimum Gasteiger partial charge on any atom is -0.508 e. The number of hydrogen-bond donors (Lipinski definition) is 2. The highest BCUT2D eigenvalue weighted by Gasteiger charge is 2.16. The highest BCUT2D eigenvalue weighted by molar-refractivity contribution is 5.57. The minimum atomic E-state index is -0.195. The topological polar surface area (TPSA) is 35.5 Å². The van der Waals surface area contributed by atoms with Crippen LogP contribution in [0.4, 0.5) is 15.8 Å². The largest absolute Gasteiger partial charge is 0.508 e. The van der Waals surface area contributed by atoms with Gasteiger partial charge in [0.05, 0.1) is 5.69 Å². The molecule has 110 valence electrons. The molecule has 0 aromatic heterocycles. The number of para-hydroxylation sites is 1. The molecule has 3 rings (SSSR count). The lowest BCUT2D eigenvalue weighted by atomic mass is 10.2. The Morgan fingerprint density at radius 3 is 2.57 bits per heavy atom. The van der Waals surface area contributed by atoms with Crippen LogP contribution in [0.2, 0.25) is 0 Å². The molecule has 0 spiro atoms. The zero-order valence-electron chi connectivity index (χ0n) is 11.8. The summed E-state index contributed by atoms with van der Waals surface area (Å²) in [6, 6.07) is 12.4. The first-order valence-electron chi connectivity index (χ1n) is 7.29. The summed E-state index contributed by atoms with van der Waals surface area (Å²) in [5.41, 5.74) is 2.20. The Morgan fingerprint density at radius 1 is 1.10 bits per heavy atom. The van der Waals surface area contributed by atoms with Gasteiger partial charge in [-0.2, -0.15) is 0 Å². The van der Waals surface area contributed by atoms with E-state index in [0.717, 1.165) is 37.2 Å². The van der Waals surface area contributed by atoms with E-state index in [0.29, 0.717) is 12.2 Å². The van der Waals surface area contributed by atoms with Crippen LogP contribution >= 0.6 is 0 Å². The quantitative estimate of drug-likeness (QED) is 0.898. The SMILES string of the molecule is Oc1ccccc1CNc1ccc(N2CCCC2)c(F)c1. The second-order valence-corrected chi connectivity index (χ2v) is 5.34. The fraction of sp³-hybridized carbons (Fsp3) is 0.294. The lowest BCUT2D eigenvalue weighted by Gasteiger charge is -2.19. The van der Waals surface area contributed by atoms with E-state index >= 15 is 0 Å². The molecule has 3 nitrogen and oxygen atoms in total. The Hall–Kier alpha value is -2.23. The maximum Gasteiger partial charge on any atom is 0.148 e. The third-order valence-corrected chi connectivity index (χ3v) is 3.87. The predicted molar refractivity (Wildman–Crippen MR) is 83.3 cm³/mol. The van der Waals surface area contributed by atoms with Gasteiger partial charge in [0.25, 0.3) is 0 Å². The van der Waals surface area contributed by atoms with Gasteiger partial charge in [-0.1, -0.05) is 18.2 Å². The summed E-state index contributed by atoms with van der Waals surface area (Å²) in [4.78, 5) is 2.09. The molecule has 1 fully saturated rings. The molecule has 1 heterocycles. The van der Waals surface area contributed by atoms with Crippen molar-refractivity contribution in [3.63, 3.8) is 0 Å². The fourth-order valence-corrected chi connectivity index (χ4v) is 2.69. The summed E-state index contributed by atoms with van der Waals surface area (Å²) in [5, 5.41) is 12.9. The van der Waals surface area contributed by atoms with E-state index in [9.17, 15) is 9.50 Å². The molecule has 0 bridgehead atoms. The normalized spacial score (nSPS) is 14.4. The molecule has 2 N–H and O–H groups in total. The average Bonchev–Trinajstić information content (AvgIpc) is 3.00. The van der Waals surface area contributed by atoms with Crippen molar-refractivity contribution in [1.82, 2.24) is 0 Å². The Bertz CT molecular complexity index is 624. The van der Waals surface area contributed by atoms with Crippen LogP contribution in [-0.2, 0) is 6.54 Å². The van der Waals surface area contributed by atoms with Crippen LogP contribution in [0.1, 0.15) is 18.4 Å². The van der Waals surface area contributed by atoms with E-state index in [1.165, 1.54) is 6.07 Å². The lowest BCUT2D eigenvalue weighted by Crippen LogP contribution is -2.18. The number of anilines is 2. The minimum absolute atomic E-state index is 0.195. The number of benzene rings is 2. The van der Waals surface area contributed by atoms with Crippen molar-refractivity contribution in [2.45, 2.75) is 19.4 Å². The van der Waals surface area contributed by atoms with Crippen LogP contribution < -0.4 is 10.2 Å². The summed E-state index contributed by atoms with van der Waals surface area (Å²) in [6.45, 7) is 2.33. The summed E-state index contributed by atoms with van der Waals surface area (Å²) < 4.78 is 14.2. The first kappa shape index (κ1) is 13.7. The van der Waals surface area contributed by atoms with E-state index in [2.05, 4.69) is 10.2 Å². The van der Waals surface area contributed by atoms with Gasteiger partial charge in [-0.15, -0.1) is 0 Å². The van der Waals surface area contributed by atoms with Crippen LogP contribution in [0.5, 0.6) is 5.75 Å². The summed E-state index contributed by atoms with van der Waals surface area (Å²) in [6.07, 6.45) is 2.26. The molecule has 4 heteroatoms. The first-order chi connectivity index (χ1) is 10.2. The number of hydrogen-bond acceptors (Lipinski definition) is 3. The molecular formula is C17H19FN2O. The van der Waals surface area contributed by atoms with Crippen molar-refractivity contribution in [3.05, 3.63) is 53.8 Å². The van der Waals surface area contributed by atoms with Crippen LogP contribution in [0, 0.1) is 5.82 Å². The van der Waals surface area contributed by atoms with Gasteiger partial charge in [-0.25, -0.2) is 4.39 Å². The molecule has 1 aliphatic heterocycles. The zero-order chi connectivity index (χ0) is 14.7. The van der Waals surface area contributed by atoms with Crippen molar-refractivity contribution in [2.24, 2.45) is 0 Å². The summed E-state index contributed by atoms with van der Waals surface area (Å²) in [7, 11) is 0. The average molecular weight is 286 g/mol. The fourth-order valence-electron chi connectivity index (χ4n) is 2.69. The molecule has 0 unspecified atom stereocenters. The number of nitrogens with zero attached hydrogens (tertiary/aromatic N) is 1. The molecule has 0 saturated carbocycles. The molecule has 0 aliphatic carbocycles. The van der Waals surface area contributed by atoms with Gasteiger partial charge in [0, 0.05) is 30.9 Å². The lowest BCUT2D eigenvalue weighted by molar-refractivity contribution is 0.469. The Kier molecular flexibility index (Phi) is 3.95. The van der Waals surface area contributed by atoms with Gasteiger partial charge in [-0.3, -0.25) is 0 Å². The second-order valence-electron chi connectivity index (χ2n) is 5.34. The van der Waals surface area contributed by atoms with Crippen molar-refractivity contribution in [1.29, 1.82) is 0 Å². The van der Waals surface area contributed by atoms with E-state index in [4.69, 9.17) is 0 Å². The van der Waals surface area contributed by atoms with Crippen molar-refractivity contribution >= 4 is 11.4 Å². The number of aromatic hydroxyl groups is 1. The number of phenolic OH excluding ortho intramolecular Hbond substituents is 1. The number of phenols is 1. The van der Waals surface area contributed by atoms with Crippen LogP contribution in [0.25, 0.3) is 0 Å². The standard InChI is InChI=1S/C17H19FN2O/c18-15-11-14(7-8-16(15)20-9-3-4-10-20)19-12-13-5-1-2-6-17(13)21/h1-2,5-8,11,19,21H,3-4,9-10,12H2. The van der Waals surface area contributed by atoms with Gasteiger partial charge < -0.3 is 15.3 Å². The molecule has 21 heavy (non-hydrogen) atoms. The molecule has 0 radical (unpaired) electrons. The monoisotopic (exact) mass is 286 g/mol. The van der Waals surface area contributed by atoms with Gasteiger partial charge in [0.15, 0.2) is 0 Å². The molecule has 1 aliphatic rings. The van der Waals surface area contributed by atoms with E-state index in [-0.39, 0.29) is 11.6 Å². The predicted octanol–water partition coefficient (Wildman–Crippen LogP) is 3.74. The van der Waals surface area contributed by atoms with Crippen molar-refractivity contribution in [3.8, 4) is 5.75 Å². The number of rotatable bonds is 4. The highest BCUT2D eigenvalue weighted by atomic mass is 19.1. The zero-order valence-corrected chi connectivity index (χ0v) is 11.8. The van der Waals surface area contributed by atoms with Crippen LogP contribution in [-0.4, -0.2) is 18.2 Å². The van der Waals surface area contributed by atoms with E-state index in [1.807, 2.05) is 24.3 Å². The van der Waals surface area contributed by atoms with Gasteiger partial charge in [0.2, 0.25) is 0 Å². The van der Waals surface area contributed by atoms with Gasteiger partial charge in [-0.05, 0) is 37.1 Å². The number of halogens is 1. The van der Waals surface area contributed by atoms with Gasteiger partial charge >= 0.3 is 0 Å². The summed E-state index contributed by atoms with van der Waals surface area (Å²) in [5.74, 6) is 0.0540. The Morgan fingerprint density at radius 2 is 1.86 bits per heavy atom. The first-order valence-corrected chi connectivity index (χ1v) is 7.29. The molecule has 0 amide bonds. The highest BCUT2D eigenvalue weighted by Crippen LogP contribution is 2.26. The number of nitrogens with one attached hydrogen (secondary N) is 1. The maximum absolute atomic E-state index is 14.2. The Balaban J connectivity index is 1.69. The maximum atomic E-state index is 14.2. The van der Waals surface area contributed by atoms with Crippen LogP contribution in [0.15, 0.2) is 42.5 Å². The molecule has 1 saturated heterocycles. The second kappa shape index (κ2) is 6.04. The Labute approximate surface area is 124 Å². The van der Waals surface area contributed by atoms with Gasteiger partial charge in [0.1, 0.15) is 11.6 Å². The van der Waals surface area contributed by atoms with E-state index in [1.54, 1.807) is 12.1 Å². The molecule has 2 aromatic carbocycles. The third-order valence-electron chi connectivity index (χ3n) is 3.87. The van der Waals surface area contributed by atoms with Crippen molar-refractivity contribution < 1.29 is 9.50 Å². The van der Waals surface area contributed by atoms with E-state index < -0.39 is 0 Å². The molecular weight excluding hydrogens is 267 g/mol. The summed E-state index contributed by atoms with van der Waals surface area (Å²) >= 11 is 0. The van der Waals surface area contributed by atoms with Crippen molar-refractivity contribution in [2.75, 3.05) is 23.3 Å². The smallest absolute Gasteiger partial charge is 0.148 e. The molecule has 0 atom stereocenters.